The maximum atomic E-state index is 12.9. The fourth-order valence-corrected chi connectivity index (χ4v) is 5.05. The Morgan fingerprint density at radius 1 is 1.12 bits per heavy atom. The van der Waals surface area contributed by atoms with Gasteiger partial charge in [-0.1, -0.05) is 40.9 Å². The molecule has 2 amide bonds. The molecule has 1 unspecified atom stereocenters. The molecule has 2 atom stereocenters. The van der Waals surface area contributed by atoms with E-state index in [4.69, 9.17) is 34.8 Å². The van der Waals surface area contributed by atoms with Crippen LogP contribution in [0.15, 0.2) is 24.4 Å². The minimum absolute atomic E-state index is 0.132. The molecule has 2 aliphatic heterocycles. The molecule has 4 rings (SSSR count). The van der Waals surface area contributed by atoms with E-state index in [0.717, 1.165) is 5.56 Å². The third-order valence-corrected chi connectivity index (χ3v) is 7.01. The van der Waals surface area contributed by atoms with Gasteiger partial charge in [-0.25, -0.2) is 9.78 Å². The summed E-state index contributed by atoms with van der Waals surface area (Å²) in [6, 6.07) is 4.54. The van der Waals surface area contributed by atoms with Crippen LogP contribution in [0, 0.1) is 0 Å². The summed E-state index contributed by atoms with van der Waals surface area (Å²) in [4.78, 5) is 38.2. The number of rotatable bonds is 5. The van der Waals surface area contributed by atoms with Crippen LogP contribution in [0.4, 0.5) is 16.6 Å². The molecule has 0 aliphatic carbocycles. The van der Waals surface area contributed by atoms with Gasteiger partial charge in [-0.3, -0.25) is 9.69 Å². The molecule has 12 heteroatoms. The quantitative estimate of drug-likeness (QED) is 0.594. The van der Waals surface area contributed by atoms with Crippen molar-refractivity contribution in [2.45, 2.75) is 31.8 Å². The third kappa shape index (κ3) is 5.26. The van der Waals surface area contributed by atoms with Gasteiger partial charge in [0.15, 0.2) is 5.82 Å². The van der Waals surface area contributed by atoms with Crippen LogP contribution in [-0.4, -0.2) is 75.6 Å². The van der Waals surface area contributed by atoms with Crippen LogP contribution in [0.2, 0.25) is 15.1 Å². The first-order chi connectivity index (χ1) is 16.2. The number of nitrogens with one attached hydrogen (secondary N) is 1. The summed E-state index contributed by atoms with van der Waals surface area (Å²) in [7, 11) is 0. The summed E-state index contributed by atoms with van der Waals surface area (Å²) in [5.41, 5.74) is 0.858. The van der Waals surface area contributed by atoms with Crippen molar-refractivity contribution >= 4 is 58.6 Å². The number of aromatic nitrogens is 2. The Labute approximate surface area is 212 Å². The van der Waals surface area contributed by atoms with Crippen molar-refractivity contribution < 1.29 is 14.7 Å². The van der Waals surface area contributed by atoms with Gasteiger partial charge in [-0.05, 0) is 37.5 Å². The molecule has 1 aromatic carbocycles. The van der Waals surface area contributed by atoms with Crippen LogP contribution in [0.5, 0.6) is 0 Å². The second kappa shape index (κ2) is 10.4. The topological polar surface area (TPSA) is 102 Å². The molecule has 2 aromatic rings. The largest absolute Gasteiger partial charge is 0.465 e. The zero-order chi connectivity index (χ0) is 24.4. The molecule has 0 radical (unpaired) electrons. The third-order valence-electron chi connectivity index (χ3n) is 6.17. The van der Waals surface area contributed by atoms with Crippen molar-refractivity contribution in [2.24, 2.45) is 0 Å². The van der Waals surface area contributed by atoms with E-state index in [2.05, 4.69) is 15.3 Å². The number of benzene rings is 1. The van der Waals surface area contributed by atoms with E-state index < -0.39 is 12.1 Å². The molecule has 9 nitrogen and oxygen atoms in total. The molecule has 1 aromatic heterocycles. The summed E-state index contributed by atoms with van der Waals surface area (Å²) >= 11 is 18.7. The number of carboxylic acid groups (broad SMARTS) is 1. The van der Waals surface area contributed by atoms with Gasteiger partial charge in [-0.15, -0.1) is 0 Å². The molecule has 0 bridgehead atoms. The van der Waals surface area contributed by atoms with Crippen molar-refractivity contribution in [3.05, 3.63) is 45.0 Å². The monoisotopic (exact) mass is 526 g/mol. The van der Waals surface area contributed by atoms with Crippen LogP contribution in [0.1, 0.15) is 31.4 Å². The number of piperazine rings is 1. The first-order valence-electron chi connectivity index (χ1n) is 11.0. The SMILES string of the molecule is CC(Nc1nc(N2CCN(C(=O)[C@H]3CCCN3C(=O)O)CC2)ncc1Cl)c1ccc(Cl)cc1Cl. The van der Waals surface area contributed by atoms with Crippen LogP contribution < -0.4 is 10.2 Å². The molecule has 0 spiro atoms. The molecule has 0 saturated carbocycles. The number of likely N-dealkylation sites (tertiary alicyclic amines) is 1. The predicted octanol–water partition coefficient (Wildman–Crippen LogP) is 4.40. The lowest BCUT2D eigenvalue weighted by Crippen LogP contribution is -2.54. The van der Waals surface area contributed by atoms with Gasteiger partial charge < -0.3 is 20.2 Å². The minimum atomic E-state index is -1.04. The van der Waals surface area contributed by atoms with Crippen molar-refractivity contribution in [1.29, 1.82) is 0 Å². The molecular formula is C22H25Cl3N6O3. The number of hydrogen-bond acceptors (Lipinski definition) is 6. The Hall–Kier alpha value is -2.49. The second-order valence-electron chi connectivity index (χ2n) is 8.34. The van der Waals surface area contributed by atoms with Crippen molar-refractivity contribution in [3.63, 3.8) is 0 Å². The number of carbonyl (C=O) groups is 2. The van der Waals surface area contributed by atoms with E-state index in [0.29, 0.717) is 72.4 Å². The Balaban J connectivity index is 1.40. The average molecular weight is 528 g/mol. The van der Waals surface area contributed by atoms with E-state index >= 15 is 0 Å². The van der Waals surface area contributed by atoms with E-state index in [1.54, 1.807) is 23.2 Å². The van der Waals surface area contributed by atoms with E-state index in [-0.39, 0.29) is 11.9 Å². The highest BCUT2D eigenvalue weighted by Gasteiger charge is 2.37. The first-order valence-corrected chi connectivity index (χ1v) is 12.2. The summed E-state index contributed by atoms with van der Waals surface area (Å²) in [5, 5.41) is 14.1. The zero-order valence-electron chi connectivity index (χ0n) is 18.5. The highest BCUT2D eigenvalue weighted by atomic mass is 35.5. The Bertz CT molecular complexity index is 1080. The Morgan fingerprint density at radius 3 is 2.53 bits per heavy atom. The van der Waals surface area contributed by atoms with Gasteiger partial charge >= 0.3 is 6.09 Å². The molecule has 2 aliphatic rings. The molecule has 2 N–H and O–H groups in total. The predicted molar refractivity (Wildman–Crippen MR) is 132 cm³/mol. The van der Waals surface area contributed by atoms with Gasteiger partial charge in [-0.2, -0.15) is 4.98 Å². The number of anilines is 2. The Kier molecular flexibility index (Phi) is 7.54. The van der Waals surface area contributed by atoms with E-state index in [9.17, 15) is 14.7 Å². The van der Waals surface area contributed by atoms with Crippen LogP contribution in [-0.2, 0) is 4.79 Å². The van der Waals surface area contributed by atoms with Crippen LogP contribution >= 0.6 is 34.8 Å². The number of carbonyl (C=O) groups excluding carboxylic acids is 1. The second-order valence-corrected chi connectivity index (χ2v) is 9.60. The molecule has 2 saturated heterocycles. The fourth-order valence-electron chi connectivity index (χ4n) is 4.34. The van der Waals surface area contributed by atoms with Crippen molar-refractivity contribution in [1.82, 2.24) is 19.8 Å². The fraction of sp³-hybridized carbons (Fsp3) is 0.455. The van der Waals surface area contributed by atoms with Gasteiger partial charge in [0.05, 0.1) is 12.2 Å². The molecule has 34 heavy (non-hydrogen) atoms. The standard InChI is InChI=1S/C22H25Cl3N6O3/c1-13(15-5-4-14(23)11-16(15)24)27-19-17(25)12-26-21(28-19)30-9-7-29(8-10-30)20(32)18-3-2-6-31(18)22(33)34/h4-5,11-13,18H,2-3,6-10H2,1H3,(H,33,34)(H,26,27,28)/t13?,18-/m1/s1. The molecular weight excluding hydrogens is 503 g/mol. The lowest BCUT2D eigenvalue weighted by Gasteiger charge is -2.37. The highest BCUT2D eigenvalue weighted by molar-refractivity contribution is 6.35. The minimum Gasteiger partial charge on any atom is -0.465 e. The van der Waals surface area contributed by atoms with Crippen LogP contribution in [0.3, 0.4) is 0 Å². The zero-order valence-corrected chi connectivity index (χ0v) is 20.8. The van der Waals surface area contributed by atoms with Gasteiger partial charge in [0, 0.05) is 42.8 Å². The van der Waals surface area contributed by atoms with Gasteiger partial charge in [0.2, 0.25) is 11.9 Å². The molecule has 3 heterocycles. The lowest BCUT2D eigenvalue weighted by atomic mass is 10.1. The van der Waals surface area contributed by atoms with Gasteiger partial charge in [0.1, 0.15) is 11.1 Å². The molecule has 182 valence electrons. The number of hydrogen-bond donors (Lipinski definition) is 2. The summed E-state index contributed by atoms with van der Waals surface area (Å²) < 4.78 is 0. The maximum Gasteiger partial charge on any atom is 0.407 e. The van der Waals surface area contributed by atoms with Crippen LogP contribution in [0.25, 0.3) is 0 Å². The lowest BCUT2D eigenvalue weighted by molar-refractivity contribution is -0.135. The van der Waals surface area contributed by atoms with Crippen molar-refractivity contribution in [2.75, 3.05) is 42.9 Å². The molecule has 2 fully saturated rings. The van der Waals surface area contributed by atoms with Gasteiger partial charge in [0.25, 0.3) is 0 Å². The number of nitrogens with zero attached hydrogens (tertiary/aromatic N) is 5. The number of amides is 2. The van der Waals surface area contributed by atoms with E-state index in [1.807, 2.05) is 17.9 Å². The summed E-state index contributed by atoms with van der Waals surface area (Å²) in [6.45, 7) is 4.35. The number of halogens is 3. The average Bonchev–Trinajstić information content (AvgIpc) is 3.30. The summed E-state index contributed by atoms with van der Waals surface area (Å²) in [6.07, 6.45) is 1.77. The maximum absolute atomic E-state index is 12.9. The highest BCUT2D eigenvalue weighted by Crippen LogP contribution is 2.31. The normalized spacial score (nSPS) is 19.3. The first kappa shape index (κ1) is 24.6. The Morgan fingerprint density at radius 2 is 1.85 bits per heavy atom. The van der Waals surface area contributed by atoms with E-state index in [1.165, 1.54) is 4.90 Å². The van der Waals surface area contributed by atoms with Crippen molar-refractivity contribution in [3.8, 4) is 0 Å². The summed E-state index contributed by atoms with van der Waals surface area (Å²) in [5.74, 6) is 0.848. The smallest absolute Gasteiger partial charge is 0.407 e.